The second-order valence-corrected chi connectivity index (χ2v) is 11.5. The topological polar surface area (TPSA) is 87.6 Å². The van der Waals surface area contributed by atoms with Crippen molar-refractivity contribution in [2.24, 2.45) is 5.41 Å². The SMILES string of the molecule is CC(=O)N1CCN(c2nccc(Sc3ccc4nc(N5CCC6(CCOC6)CC5)cnc4n3)c2Cl)CC1. The summed E-state index contributed by atoms with van der Waals surface area (Å²) in [6, 6.07) is 5.85. The summed E-state index contributed by atoms with van der Waals surface area (Å²) in [5.74, 6) is 1.76. The number of anilines is 2. The molecule has 3 aliphatic heterocycles. The highest BCUT2D eigenvalue weighted by molar-refractivity contribution is 7.99. The lowest BCUT2D eigenvalue weighted by Gasteiger charge is -2.38. The van der Waals surface area contributed by atoms with E-state index in [-0.39, 0.29) is 5.91 Å². The average Bonchev–Trinajstić information content (AvgIpc) is 3.38. The largest absolute Gasteiger partial charge is 0.381 e. The molecule has 0 atom stereocenters. The van der Waals surface area contributed by atoms with Gasteiger partial charge < -0.3 is 19.4 Å². The van der Waals surface area contributed by atoms with E-state index < -0.39 is 0 Å². The van der Waals surface area contributed by atoms with Gasteiger partial charge in [0.15, 0.2) is 5.65 Å². The minimum atomic E-state index is 0.101. The number of nitrogens with zero attached hydrogens (tertiary/aromatic N) is 7. The number of ether oxygens (including phenoxy) is 1. The first-order chi connectivity index (χ1) is 18.0. The summed E-state index contributed by atoms with van der Waals surface area (Å²) in [5, 5.41) is 1.40. The molecular weight excluding hydrogens is 510 g/mol. The Balaban J connectivity index is 1.15. The fourth-order valence-corrected chi connectivity index (χ4v) is 6.55. The maximum atomic E-state index is 11.6. The maximum Gasteiger partial charge on any atom is 0.219 e. The molecule has 6 heterocycles. The summed E-state index contributed by atoms with van der Waals surface area (Å²) in [5.41, 5.74) is 1.78. The van der Waals surface area contributed by atoms with E-state index in [0.29, 0.717) is 42.3 Å². The lowest BCUT2D eigenvalue weighted by Crippen LogP contribution is -2.48. The molecule has 0 aliphatic carbocycles. The number of pyridine rings is 2. The summed E-state index contributed by atoms with van der Waals surface area (Å²) in [6.07, 6.45) is 7.07. The quantitative estimate of drug-likeness (QED) is 0.489. The second-order valence-electron chi connectivity index (χ2n) is 10.1. The number of piperidine rings is 1. The number of hydrogen-bond acceptors (Lipinski definition) is 9. The lowest BCUT2D eigenvalue weighted by atomic mass is 9.78. The van der Waals surface area contributed by atoms with E-state index >= 15 is 0 Å². The molecule has 37 heavy (non-hydrogen) atoms. The fourth-order valence-electron chi connectivity index (χ4n) is 5.40. The van der Waals surface area contributed by atoms with Gasteiger partial charge in [-0.1, -0.05) is 23.4 Å². The molecule has 1 amide bonds. The molecule has 11 heteroatoms. The van der Waals surface area contributed by atoms with Gasteiger partial charge in [0.2, 0.25) is 5.91 Å². The highest BCUT2D eigenvalue weighted by Crippen LogP contribution is 2.40. The van der Waals surface area contributed by atoms with E-state index in [1.807, 2.05) is 29.3 Å². The minimum absolute atomic E-state index is 0.101. The zero-order chi connectivity index (χ0) is 25.4. The number of halogens is 1. The fraction of sp³-hybridized carbons (Fsp3) is 0.500. The van der Waals surface area contributed by atoms with Crippen LogP contribution in [0.15, 0.2) is 40.5 Å². The van der Waals surface area contributed by atoms with Crippen LogP contribution in [0.2, 0.25) is 5.02 Å². The molecule has 9 nitrogen and oxygen atoms in total. The van der Waals surface area contributed by atoms with Gasteiger partial charge in [0.1, 0.15) is 22.2 Å². The average molecular weight is 540 g/mol. The first-order valence-electron chi connectivity index (χ1n) is 12.8. The molecule has 0 bridgehead atoms. The third-order valence-corrected chi connectivity index (χ3v) is 9.26. The Morgan fingerprint density at radius 1 is 1.00 bits per heavy atom. The third kappa shape index (κ3) is 5.06. The van der Waals surface area contributed by atoms with Crippen LogP contribution in [0.5, 0.6) is 0 Å². The van der Waals surface area contributed by atoms with Gasteiger partial charge in [-0.3, -0.25) is 4.79 Å². The van der Waals surface area contributed by atoms with Gasteiger partial charge in [-0.2, -0.15) is 0 Å². The molecule has 0 unspecified atom stereocenters. The Hall–Kier alpha value is -2.69. The number of aromatic nitrogens is 4. The van der Waals surface area contributed by atoms with Crippen molar-refractivity contribution in [2.75, 3.05) is 62.3 Å². The minimum Gasteiger partial charge on any atom is -0.381 e. The number of amides is 1. The van der Waals surface area contributed by atoms with Crippen LogP contribution in [0.4, 0.5) is 11.6 Å². The van der Waals surface area contributed by atoms with Crippen LogP contribution < -0.4 is 9.80 Å². The van der Waals surface area contributed by atoms with Crippen molar-refractivity contribution in [1.29, 1.82) is 0 Å². The van der Waals surface area contributed by atoms with E-state index in [1.54, 1.807) is 13.1 Å². The molecule has 194 valence electrons. The van der Waals surface area contributed by atoms with Gasteiger partial charge in [-0.25, -0.2) is 19.9 Å². The van der Waals surface area contributed by atoms with Crippen molar-refractivity contribution >= 4 is 52.1 Å². The van der Waals surface area contributed by atoms with Gasteiger partial charge in [0.05, 0.1) is 17.8 Å². The molecule has 6 rings (SSSR count). The standard InChI is InChI=1S/C26H30ClN7O2S/c1-18(35)32-11-13-34(14-12-32)25-23(27)20(4-8-28-25)37-22-3-2-19-24(31-22)29-16-21(30-19)33-9-5-26(6-10-33)7-15-36-17-26/h2-4,8,16H,5-7,9-15,17H2,1H3. The zero-order valence-corrected chi connectivity index (χ0v) is 22.5. The number of rotatable bonds is 4. The van der Waals surface area contributed by atoms with Crippen LogP contribution in [0.1, 0.15) is 26.2 Å². The second kappa shape index (κ2) is 10.2. The predicted octanol–water partition coefficient (Wildman–Crippen LogP) is 3.90. The Morgan fingerprint density at radius 3 is 2.54 bits per heavy atom. The first kappa shape index (κ1) is 24.6. The zero-order valence-electron chi connectivity index (χ0n) is 20.9. The summed E-state index contributed by atoms with van der Waals surface area (Å²) >= 11 is 8.28. The highest BCUT2D eigenvalue weighted by atomic mass is 35.5. The van der Waals surface area contributed by atoms with E-state index in [2.05, 4.69) is 19.8 Å². The normalized spacial score (nSPS) is 19.7. The number of piperazine rings is 1. The van der Waals surface area contributed by atoms with Gasteiger partial charge in [-0.05, 0) is 42.9 Å². The lowest BCUT2D eigenvalue weighted by molar-refractivity contribution is -0.129. The van der Waals surface area contributed by atoms with E-state index in [0.717, 1.165) is 66.2 Å². The van der Waals surface area contributed by atoms with Crippen molar-refractivity contribution in [3.05, 3.63) is 35.6 Å². The van der Waals surface area contributed by atoms with E-state index in [4.69, 9.17) is 26.3 Å². The number of carbonyl (C=O) groups is 1. The van der Waals surface area contributed by atoms with Crippen LogP contribution in [-0.2, 0) is 9.53 Å². The Labute approximate surface area is 225 Å². The smallest absolute Gasteiger partial charge is 0.219 e. The van der Waals surface area contributed by atoms with Gasteiger partial charge in [0.25, 0.3) is 0 Å². The van der Waals surface area contributed by atoms with E-state index in [9.17, 15) is 4.79 Å². The summed E-state index contributed by atoms with van der Waals surface area (Å²) in [4.78, 5) is 37.6. The summed E-state index contributed by atoms with van der Waals surface area (Å²) < 4.78 is 5.66. The molecule has 0 radical (unpaired) electrons. The van der Waals surface area contributed by atoms with Gasteiger partial charge in [0, 0.05) is 63.9 Å². The van der Waals surface area contributed by atoms with Crippen molar-refractivity contribution in [3.8, 4) is 0 Å². The van der Waals surface area contributed by atoms with Crippen LogP contribution in [0, 0.1) is 5.41 Å². The molecule has 3 saturated heterocycles. The monoisotopic (exact) mass is 539 g/mol. The molecular formula is C26H30ClN7O2S. The highest BCUT2D eigenvalue weighted by Gasteiger charge is 2.38. The number of carbonyl (C=O) groups excluding carboxylic acids is 1. The molecule has 3 aromatic heterocycles. The Bertz CT molecular complexity index is 1300. The number of hydrogen-bond donors (Lipinski definition) is 0. The molecule has 1 spiro atoms. The molecule has 3 aliphatic rings. The van der Waals surface area contributed by atoms with E-state index in [1.165, 1.54) is 18.2 Å². The van der Waals surface area contributed by atoms with Crippen LogP contribution >= 0.6 is 23.4 Å². The predicted molar refractivity (Wildman–Crippen MR) is 144 cm³/mol. The molecule has 0 aromatic carbocycles. The number of fused-ring (bicyclic) bond motifs is 1. The van der Waals surface area contributed by atoms with Crippen LogP contribution in [-0.4, -0.2) is 83.2 Å². The third-order valence-electron chi connectivity index (χ3n) is 7.77. The van der Waals surface area contributed by atoms with Crippen molar-refractivity contribution in [1.82, 2.24) is 24.8 Å². The Kier molecular flexibility index (Phi) is 6.81. The molecule has 0 N–H and O–H groups in total. The molecule has 3 aromatic rings. The molecule has 3 fully saturated rings. The summed E-state index contributed by atoms with van der Waals surface area (Å²) in [6.45, 7) is 8.12. The van der Waals surface area contributed by atoms with Crippen LogP contribution in [0.25, 0.3) is 11.2 Å². The van der Waals surface area contributed by atoms with Gasteiger partial charge in [-0.15, -0.1) is 0 Å². The maximum absolute atomic E-state index is 11.6. The molecule has 0 saturated carbocycles. The van der Waals surface area contributed by atoms with Crippen molar-refractivity contribution in [3.63, 3.8) is 0 Å². The van der Waals surface area contributed by atoms with Crippen molar-refractivity contribution < 1.29 is 9.53 Å². The first-order valence-corrected chi connectivity index (χ1v) is 14.0. The van der Waals surface area contributed by atoms with Crippen molar-refractivity contribution in [2.45, 2.75) is 36.1 Å². The van der Waals surface area contributed by atoms with Gasteiger partial charge >= 0.3 is 0 Å². The Morgan fingerprint density at radius 2 is 1.81 bits per heavy atom. The summed E-state index contributed by atoms with van der Waals surface area (Å²) in [7, 11) is 0. The van der Waals surface area contributed by atoms with Crippen LogP contribution in [0.3, 0.4) is 0 Å².